The van der Waals surface area contributed by atoms with Gasteiger partial charge in [-0.1, -0.05) is 13.8 Å². The monoisotopic (exact) mass is 172 g/mol. The van der Waals surface area contributed by atoms with Crippen LogP contribution in [0.2, 0.25) is 0 Å². The molecular formula is C9H20N2O. The molecule has 0 aromatic heterocycles. The van der Waals surface area contributed by atoms with Crippen molar-refractivity contribution in [3.8, 4) is 0 Å². The predicted molar refractivity (Wildman–Crippen MR) is 50.2 cm³/mol. The van der Waals surface area contributed by atoms with Crippen LogP contribution < -0.4 is 5.32 Å². The number of likely N-dealkylation sites (tertiary alicyclic amines) is 1. The van der Waals surface area contributed by atoms with Crippen molar-refractivity contribution in [2.75, 3.05) is 26.2 Å². The number of aliphatic hydroxyl groups is 1. The average Bonchev–Trinajstić information content (AvgIpc) is 2.35. The summed E-state index contributed by atoms with van der Waals surface area (Å²) >= 11 is 0. The normalized spacial score (nSPS) is 25.5. The summed E-state index contributed by atoms with van der Waals surface area (Å²) in [5.74, 6) is 0. The van der Waals surface area contributed by atoms with Gasteiger partial charge in [0.2, 0.25) is 0 Å². The lowest BCUT2D eigenvalue weighted by molar-refractivity contribution is 0.176. The molecule has 12 heavy (non-hydrogen) atoms. The van der Waals surface area contributed by atoms with E-state index >= 15 is 0 Å². The Balaban J connectivity index is 2.00. The minimum Gasteiger partial charge on any atom is -0.392 e. The summed E-state index contributed by atoms with van der Waals surface area (Å²) in [6.45, 7) is 8.32. The molecule has 1 aliphatic heterocycles. The van der Waals surface area contributed by atoms with E-state index in [0.29, 0.717) is 6.04 Å². The maximum atomic E-state index is 9.25. The molecule has 0 unspecified atom stereocenters. The number of hydrogen-bond acceptors (Lipinski definition) is 3. The summed E-state index contributed by atoms with van der Waals surface area (Å²) in [6, 6.07) is 0.567. The number of rotatable bonds is 4. The van der Waals surface area contributed by atoms with Gasteiger partial charge in [-0.15, -0.1) is 0 Å². The third kappa shape index (κ3) is 3.52. The van der Waals surface area contributed by atoms with Gasteiger partial charge in [-0.3, -0.25) is 4.90 Å². The third-order valence-electron chi connectivity index (χ3n) is 2.23. The molecule has 3 nitrogen and oxygen atoms in total. The highest BCUT2D eigenvalue weighted by molar-refractivity contribution is 4.74. The molecule has 0 bridgehead atoms. The van der Waals surface area contributed by atoms with Crippen molar-refractivity contribution in [2.24, 2.45) is 0 Å². The minimum absolute atomic E-state index is 0.0796. The fourth-order valence-corrected chi connectivity index (χ4v) is 1.53. The van der Waals surface area contributed by atoms with Crippen LogP contribution in [0.3, 0.4) is 0 Å². The first-order chi connectivity index (χ1) is 5.68. The van der Waals surface area contributed by atoms with E-state index in [0.717, 1.165) is 32.6 Å². The fourth-order valence-electron chi connectivity index (χ4n) is 1.53. The molecule has 0 aromatic carbocycles. The standard InChI is InChI=1S/C9H20N2O/c1-8(2)10-4-6-11-5-3-9(12)7-11/h8-10,12H,3-7H2,1-2H3/t9-/m1/s1. The van der Waals surface area contributed by atoms with Crippen molar-refractivity contribution in [3.05, 3.63) is 0 Å². The van der Waals surface area contributed by atoms with Crippen LogP contribution in [-0.4, -0.2) is 48.3 Å². The molecule has 0 saturated carbocycles. The van der Waals surface area contributed by atoms with Gasteiger partial charge < -0.3 is 10.4 Å². The maximum Gasteiger partial charge on any atom is 0.0679 e. The van der Waals surface area contributed by atoms with Gasteiger partial charge in [0.15, 0.2) is 0 Å². The molecule has 1 saturated heterocycles. The van der Waals surface area contributed by atoms with Gasteiger partial charge in [-0.25, -0.2) is 0 Å². The van der Waals surface area contributed by atoms with Crippen LogP contribution in [0.15, 0.2) is 0 Å². The zero-order valence-electron chi connectivity index (χ0n) is 8.08. The largest absolute Gasteiger partial charge is 0.392 e. The molecule has 3 heteroatoms. The maximum absolute atomic E-state index is 9.25. The van der Waals surface area contributed by atoms with E-state index in [1.165, 1.54) is 0 Å². The lowest BCUT2D eigenvalue weighted by atomic mass is 10.3. The molecule has 0 spiro atoms. The van der Waals surface area contributed by atoms with E-state index in [1.54, 1.807) is 0 Å². The van der Waals surface area contributed by atoms with Crippen LogP contribution in [0.25, 0.3) is 0 Å². The van der Waals surface area contributed by atoms with Crippen molar-refractivity contribution < 1.29 is 5.11 Å². The van der Waals surface area contributed by atoms with E-state index in [1.807, 2.05) is 0 Å². The number of β-amino-alcohol motifs (C(OH)–C–C–N with tert-alkyl or cyclic N) is 1. The Morgan fingerprint density at radius 1 is 1.58 bits per heavy atom. The number of aliphatic hydroxyl groups excluding tert-OH is 1. The summed E-state index contributed by atoms with van der Waals surface area (Å²) in [5, 5.41) is 12.6. The Bertz CT molecular complexity index is 128. The molecule has 0 radical (unpaired) electrons. The zero-order chi connectivity index (χ0) is 8.97. The highest BCUT2D eigenvalue weighted by Crippen LogP contribution is 2.06. The van der Waals surface area contributed by atoms with E-state index in [-0.39, 0.29) is 6.10 Å². The van der Waals surface area contributed by atoms with Gasteiger partial charge in [-0.2, -0.15) is 0 Å². The van der Waals surface area contributed by atoms with Gasteiger partial charge in [0, 0.05) is 32.2 Å². The Kier molecular flexibility index (Phi) is 3.98. The van der Waals surface area contributed by atoms with Crippen LogP contribution in [0.5, 0.6) is 0 Å². The highest BCUT2D eigenvalue weighted by atomic mass is 16.3. The predicted octanol–water partition coefficient (Wildman–Crippen LogP) is 0.0510. The van der Waals surface area contributed by atoms with Crippen molar-refractivity contribution in [1.82, 2.24) is 10.2 Å². The van der Waals surface area contributed by atoms with Gasteiger partial charge in [0.05, 0.1) is 6.10 Å². The van der Waals surface area contributed by atoms with Gasteiger partial charge in [-0.05, 0) is 6.42 Å². The SMILES string of the molecule is CC(C)NCCN1CC[C@@H](O)C1. The Morgan fingerprint density at radius 3 is 2.83 bits per heavy atom. The molecule has 0 aliphatic carbocycles. The average molecular weight is 172 g/mol. The molecule has 0 aromatic rings. The summed E-state index contributed by atoms with van der Waals surface area (Å²) in [4.78, 5) is 2.31. The topological polar surface area (TPSA) is 35.5 Å². The quantitative estimate of drug-likeness (QED) is 0.629. The van der Waals surface area contributed by atoms with Gasteiger partial charge in [0.25, 0.3) is 0 Å². The summed E-state index contributed by atoms with van der Waals surface area (Å²) < 4.78 is 0. The van der Waals surface area contributed by atoms with Crippen LogP contribution in [-0.2, 0) is 0 Å². The Hall–Kier alpha value is -0.120. The number of nitrogens with zero attached hydrogens (tertiary/aromatic N) is 1. The summed E-state index contributed by atoms with van der Waals surface area (Å²) in [6.07, 6.45) is 0.867. The molecule has 72 valence electrons. The molecular weight excluding hydrogens is 152 g/mol. The lowest BCUT2D eigenvalue weighted by Crippen LogP contribution is -2.34. The fraction of sp³-hybridized carbons (Fsp3) is 1.00. The highest BCUT2D eigenvalue weighted by Gasteiger charge is 2.18. The zero-order valence-corrected chi connectivity index (χ0v) is 8.08. The number of hydrogen-bond donors (Lipinski definition) is 2. The molecule has 1 rings (SSSR count). The van der Waals surface area contributed by atoms with E-state index in [4.69, 9.17) is 0 Å². The minimum atomic E-state index is -0.0796. The first-order valence-corrected chi connectivity index (χ1v) is 4.82. The van der Waals surface area contributed by atoms with Crippen LogP contribution in [0.4, 0.5) is 0 Å². The molecule has 1 aliphatic rings. The van der Waals surface area contributed by atoms with Crippen molar-refractivity contribution in [3.63, 3.8) is 0 Å². The summed E-state index contributed by atoms with van der Waals surface area (Å²) in [7, 11) is 0. The van der Waals surface area contributed by atoms with Crippen LogP contribution >= 0.6 is 0 Å². The van der Waals surface area contributed by atoms with Gasteiger partial charge in [0.1, 0.15) is 0 Å². The first-order valence-electron chi connectivity index (χ1n) is 4.82. The van der Waals surface area contributed by atoms with E-state index in [9.17, 15) is 5.11 Å². The third-order valence-corrected chi connectivity index (χ3v) is 2.23. The van der Waals surface area contributed by atoms with Gasteiger partial charge >= 0.3 is 0 Å². The molecule has 0 amide bonds. The summed E-state index contributed by atoms with van der Waals surface area (Å²) in [5.41, 5.74) is 0. The molecule has 2 N–H and O–H groups in total. The van der Waals surface area contributed by atoms with Crippen molar-refractivity contribution in [2.45, 2.75) is 32.4 Å². The van der Waals surface area contributed by atoms with Crippen molar-refractivity contribution >= 4 is 0 Å². The van der Waals surface area contributed by atoms with Crippen LogP contribution in [0, 0.1) is 0 Å². The molecule has 1 fully saturated rings. The first kappa shape index (κ1) is 9.96. The second kappa shape index (κ2) is 4.80. The van der Waals surface area contributed by atoms with Crippen LogP contribution in [0.1, 0.15) is 20.3 Å². The molecule has 1 heterocycles. The van der Waals surface area contributed by atoms with Crippen molar-refractivity contribution in [1.29, 1.82) is 0 Å². The lowest BCUT2D eigenvalue weighted by Gasteiger charge is -2.16. The number of nitrogens with one attached hydrogen (secondary N) is 1. The van der Waals surface area contributed by atoms with E-state index < -0.39 is 0 Å². The smallest absolute Gasteiger partial charge is 0.0679 e. The second-order valence-electron chi connectivity index (χ2n) is 3.85. The van der Waals surface area contributed by atoms with E-state index in [2.05, 4.69) is 24.1 Å². The second-order valence-corrected chi connectivity index (χ2v) is 3.85. The Morgan fingerprint density at radius 2 is 2.33 bits per heavy atom. The Labute approximate surface area is 74.8 Å². The molecule has 1 atom stereocenters.